The summed E-state index contributed by atoms with van der Waals surface area (Å²) in [5.41, 5.74) is -0.367. The van der Waals surface area contributed by atoms with E-state index in [2.05, 4.69) is 10.6 Å². The van der Waals surface area contributed by atoms with Gasteiger partial charge in [-0.15, -0.1) is 0 Å². The van der Waals surface area contributed by atoms with Crippen LogP contribution in [0.25, 0.3) is 0 Å². The maximum absolute atomic E-state index is 12.9. The molecule has 0 saturated carbocycles. The van der Waals surface area contributed by atoms with E-state index in [0.717, 1.165) is 6.07 Å². The zero-order valence-corrected chi connectivity index (χ0v) is 11.1. The first kappa shape index (κ1) is 15.3. The molecule has 0 atom stereocenters. The van der Waals surface area contributed by atoms with E-state index in [1.54, 1.807) is 20.8 Å². The van der Waals surface area contributed by atoms with Crippen molar-refractivity contribution in [3.63, 3.8) is 0 Å². The highest BCUT2D eigenvalue weighted by atomic mass is 19.4. The summed E-state index contributed by atoms with van der Waals surface area (Å²) in [6.07, 6.45) is -4.43. The van der Waals surface area contributed by atoms with Crippen molar-refractivity contribution in [3.05, 3.63) is 29.3 Å². The Labute approximate surface area is 110 Å². The van der Waals surface area contributed by atoms with Crippen molar-refractivity contribution in [3.8, 4) is 0 Å². The molecular formula is C13H17F3N2O. The Morgan fingerprint density at radius 3 is 2.42 bits per heavy atom. The Morgan fingerprint density at radius 1 is 1.32 bits per heavy atom. The summed E-state index contributed by atoms with van der Waals surface area (Å²) in [6.45, 7) is 5.52. The summed E-state index contributed by atoms with van der Waals surface area (Å²) in [5.74, 6) is -0.241. The van der Waals surface area contributed by atoms with Crippen molar-refractivity contribution in [2.45, 2.75) is 32.9 Å². The maximum Gasteiger partial charge on any atom is 0.416 e. The van der Waals surface area contributed by atoms with Crippen molar-refractivity contribution in [2.24, 2.45) is 0 Å². The summed E-state index contributed by atoms with van der Waals surface area (Å²) in [5, 5.41) is 4.83. The lowest BCUT2D eigenvalue weighted by Gasteiger charge is -2.17. The zero-order chi connectivity index (χ0) is 14.6. The predicted octanol–water partition coefficient (Wildman–Crippen LogP) is 3.97. The Kier molecular flexibility index (Phi) is 4.80. The molecule has 0 bridgehead atoms. The third kappa shape index (κ3) is 4.15. The van der Waals surface area contributed by atoms with Crippen molar-refractivity contribution in [2.75, 3.05) is 11.9 Å². The van der Waals surface area contributed by atoms with E-state index in [9.17, 15) is 18.0 Å². The average Bonchev–Trinajstić information content (AvgIpc) is 2.27. The number of alkyl halides is 3. The normalized spacial score (nSPS) is 11.5. The Balaban J connectivity index is 3.09. The largest absolute Gasteiger partial charge is 0.416 e. The number of halogens is 3. The number of benzene rings is 1. The number of amides is 2. The zero-order valence-electron chi connectivity index (χ0n) is 11.1. The first-order valence-corrected chi connectivity index (χ1v) is 6.01. The third-order valence-electron chi connectivity index (χ3n) is 2.58. The molecule has 19 heavy (non-hydrogen) atoms. The second-order valence-electron chi connectivity index (χ2n) is 4.44. The van der Waals surface area contributed by atoms with Crippen LogP contribution >= 0.6 is 0 Å². The highest BCUT2D eigenvalue weighted by Crippen LogP contribution is 2.36. The highest BCUT2D eigenvalue weighted by Gasteiger charge is 2.34. The topological polar surface area (TPSA) is 41.1 Å². The number of hydrogen-bond acceptors (Lipinski definition) is 1. The molecule has 0 saturated heterocycles. The van der Waals surface area contributed by atoms with Gasteiger partial charge in [0.15, 0.2) is 0 Å². The quantitative estimate of drug-likeness (QED) is 0.860. The van der Waals surface area contributed by atoms with Crippen LogP contribution in [0.15, 0.2) is 18.2 Å². The molecule has 1 aromatic carbocycles. The van der Waals surface area contributed by atoms with Crippen LogP contribution < -0.4 is 10.6 Å². The number of urea groups is 1. The van der Waals surface area contributed by atoms with E-state index in [0.29, 0.717) is 6.54 Å². The summed E-state index contributed by atoms with van der Waals surface area (Å²) in [4.78, 5) is 11.3. The standard InChI is InChI=1S/C13H17F3N2O/c1-4-17-12(19)18-9-5-6-10(8(2)3)11(7-9)13(14,15)16/h5-8H,4H2,1-3H3,(H2,17,18,19). The Bertz CT molecular complexity index is 456. The summed E-state index contributed by atoms with van der Waals surface area (Å²) >= 11 is 0. The fourth-order valence-electron chi connectivity index (χ4n) is 1.72. The van der Waals surface area contributed by atoms with Crippen LogP contribution in [0.5, 0.6) is 0 Å². The van der Waals surface area contributed by atoms with Gasteiger partial charge in [-0.05, 0) is 30.5 Å². The number of carbonyl (C=O) groups is 1. The summed E-state index contributed by atoms with van der Waals surface area (Å²) in [6, 6.07) is 3.31. The second-order valence-corrected chi connectivity index (χ2v) is 4.44. The highest BCUT2D eigenvalue weighted by molar-refractivity contribution is 5.89. The molecule has 0 aliphatic carbocycles. The lowest BCUT2D eigenvalue weighted by molar-refractivity contribution is -0.138. The van der Waals surface area contributed by atoms with Gasteiger partial charge in [0.25, 0.3) is 0 Å². The van der Waals surface area contributed by atoms with Crippen molar-refractivity contribution in [1.82, 2.24) is 5.32 Å². The van der Waals surface area contributed by atoms with Gasteiger partial charge in [-0.1, -0.05) is 19.9 Å². The molecule has 2 amide bonds. The van der Waals surface area contributed by atoms with Gasteiger partial charge in [0.05, 0.1) is 5.56 Å². The van der Waals surface area contributed by atoms with E-state index >= 15 is 0 Å². The molecule has 0 aliphatic heterocycles. The molecule has 0 fully saturated rings. The maximum atomic E-state index is 12.9. The average molecular weight is 274 g/mol. The molecule has 0 spiro atoms. The molecular weight excluding hydrogens is 257 g/mol. The number of rotatable bonds is 3. The van der Waals surface area contributed by atoms with Crippen LogP contribution in [0.3, 0.4) is 0 Å². The number of hydrogen-bond donors (Lipinski definition) is 2. The van der Waals surface area contributed by atoms with Crippen molar-refractivity contribution >= 4 is 11.7 Å². The molecule has 106 valence electrons. The van der Waals surface area contributed by atoms with E-state index in [-0.39, 0.29) is 17.2 Å². The minimum atomic E-state index is -4.43. The van der Waals surface area contributed by atoms with E-state index < -0.39 is 17.8 Å². The SMILES string of the molecule is CCNC(=O)Nc1ccc(C(C)C)c(C(F)(F)F)c1. The van der Waals surface area contributed by atoms with Crippen LogP contribution in [0.1, 0.15) is 37.8 Å². The first-order chi connectivity index (χ1) is 8.75. The van der Waals surface area contributed by atoms with Gasteiger partial charge in [-0.2, -0.15) is 13.2 Å². The molecule has 0 heterocycles. The van der Waals surface area contributed by atoms with Crippen LogP contribution in [0.4, 0.5) is 23.7 Å². The Hall–Kier alpha value is -1.72. The van der Waals surface area contributed by atoms with Crippen LogP contribution in [-0.4, -0.2) is 12.6 Å². The summed E-state index contributed by atoms with van der Waals surface area (Å²) < 4.78 is 38.8. The van der Waals surface area contributed by atoms with E-state index in [1.165, 1.54) is 12.1 Å². The molecule has 0 unspecified atom stereocenters. The molecule has 3 nitrogen and oxygen atoms in total. The van der Waals surface area contributed by atoms with Gasteiger partial charge in [-0.25, -0.2) is 4.79 Å². The smallest absolute Gasteiger partial charge is 0.338 e. The third-order valence-corrected chi connectivity index (χ3v) is 2.58. The monoisotopic (exact) mass is 274 g/mol. The van der Waals surface area contributed by atoms with Gasteiger partial charge < -0.3 is 10.6 Å². The van der Waals surface area contributed by atoms with Gasteiger partial charge in [0, 0.05) is 12.2 Å². The van der Waals surface area contributed by atoms with Gasteiger partial charge in [-0.3, -0.25) is 0 Å². The lowest BCUT2D eigenvalue weighted by Crippen LogP contribution is -2.28. The number of nitrogens with one attached hydrogen (secondary N) is 2. The fraction of sp³-hybridized carbons (Fsp3) is 0.462. The molecule has 2 N–H and O–H groups in total. The molecule has 1 aromatic rings. The molecule has 0 radical (unpaired) electrons. The lowest BCUT2D eigenvalue weighted by atomic mass is 9.96. The van der Waals surface area contributed by atoms with Gasteiger partial charge in [0.2, 0.25) is 0 Å². The van der Waals surface area contributed by atoms with Crippen LogP contribution in [-0.2, 0) is 6.18 Å². The molecule has 6 heteroatoms. The first-order valence-electron chi connectivity index (χ1n) is 6.01. The minimum absolute atomic E-state index is 0.127. The molecule has 1 rings (SSSR count). The van der Waals surface area contributed by atoms with E-state index in [4.69, 9.17) is 0 Å². The predicted molar refractivity (Wildman–Crippen MR) is 68.2 cm³/mol. The number of carbonyl (C=O) groups excluding carboxylic acids is 1. The van der Waals surface area contributed by atoms with Crippen molar-refractivity contribution < 1.29 is 18.0 Å². The van der Waals surface area contributed by atoms with Gasteiger partial charge in [0.1, 0.15) is 0 Å². The van der Waals surface area contributed by atoms with Crippen molar-refractivity contribution in [1.29, 1.82) is 0 Å². The molecule has 0 aromatic heterocycles. The fourth-order valence-corrected chi connectivity index (χ4v) is 1.72. The second kappa shape index (κ2) is 5.95. The van der Waals surface area contributed by atoms with Crippen LogP contribution in [0.2, 0.25) is 0 Å². The van der Waals surface area contributed by atoms with E-state index in [1.807, 2.05) is 0 Å². The number of anilines is 1. The van der Waals surface area contributed by atoms with Crippen LogP contribution in [0, 0.1) is 0 Å². The molecule has 0 aliphatic rings. The van der Waals surface area contributed by atoms with Gasteiger partial charge >= 0.3 is 12.2 Å². The minimum Gasteiger partial charge on any atom is -0.338 e. The summed E-state index contributed by atoms with van der Waals surface area (Å²) in [7, 11) is 0. The Morgan fingerprint density at radius 2 is 1.95 bits per heavy atom.